The van der Waals surface area contributed by atoms with E-state index >= 15 is 0 Å². The van der Waals surface area contributed by atoms with Crippen molar-refractivity contribution in [2.75, 3.05) is 6.54 Å². The molecule has 5 rings (SSSR count). The molecule has 0 spiro atoms. The molecule has 2 amide bonds. The Kier molecular flexibility index (Phi) is 3.74. The van der Waals surface area contributed by atoms with Crippen molar-refractivity contribution in [1.82, 2.24) is 15.1 Å². The molecule has 1 aliphatic rings. The molecule has 0 aliphatic carbocycles. The Morgan fingerprint density at radius 1 is 1.10 bits per heavy atom. The minimum Gasteiger partial charge on any atom is -0.366 e. The predicted molar refractivity (Wildman–Crippen MR) is 112 cm³/mol. The van der Waals surface area contributed by atoms with E-state index < -0.39 is 5.91 Å². The van der Waals surface area contributed by atoms with Crippen LogP contribution in [0, 0.1) is 0 Å². The fourth-order valence-electron chi connectivity index (χ4n) is 3.92. The molecule has 3 aromatic carbocycles. The summed E-state index contributed by atoms with van der Waals surface area (Å²) in [6.45, 7) is 4.25. The van der Waals surface area contributed by atoms with Gasteiger partial charge in [0.1, 0.15) is 0 Å². The maximum absolute atomic E-state index is 12.8. The number of primary amides is 1. The normalized spacial score (nSPS) is 13.2. The Balaban J connectivity index is 1.58. The van der Waals surface area contributed by atoms with Crippen LogP contribution in [0.15, 0.2) is 66.9 Å². The number of rotatable bonds is 4. The molecule has 6 heteroatoms. The zero-order chi connectivity index (χ0) is 20.1. The molecule has 1 aromatic heterocycles. The second-order valence-corrected chi connectivity index (χ2v) is 7.33. The van der Waals surface area contributed by atoms with Gasteiger partial charge in [-0.1, -0.05) is 30.8 Å². The summed E-state index contributed by atoms with van der Waals surface area (Å²) in [6.07, 6.45) is 1.81. The highest BCUT2D eigenvalue weighted by atomic mass is 16.2. The van der Waals surface area contributed by atoms with Gasteiger partial charge < -0.3 is 10.6 Å². The van der Waals surface area contributed by atoms with Gasteiger partial charge in [-0.25, -0.2) is 0 Å². The number of aromatic nitrogens is 2. The van der Waals surface area contributed by atoms with Crippen LogP contribution in [0.5, 0.6) is 0 Å². The summed E-state index contributed by atoms with van der Waals surface area (Å²) >= 11 is 0. The lowest BCUT2D eigenvalue weighted by atomic mass is 9.96. The van der Waals surface area contributed by atoms with E-state index in [0.717, 1.165) is 38.4 Å². The van der Waals surface area contributed by atoms with Gasteiger partial charge in [0.2, 0.25) is 5.91 Å². The van der Waals surface area contributed by atoms with Crippen molar-refractivity contribution < 1.29 is 9.59 Å². The van der Waals surface area contributed by atoms with Crippen LogP contribution in [0.3, 0.4) is 0 Å². The molecular formula is C23H18N4O2. The Labute approximate surface area is 166 Å². The average Bonchev–Trinajstić information content (AvgIpc) is 3.31. The highest BCUT2D eigenvalue weighted by Crippen LogP contribution is 2.34. The first-order chi connectivity index (χ1) is 14.0. The molecule has 0 atom stereocenters. The van der Waals surface area contributed by atoms with Crippen molar-refractivity contribution >= 4 is 33.5 Å². The van der Waals surface area contributed by atoms with Gasteiger partial charge in [-0.15, -0.1) is 0 Å². The fraction of sp³-hybridized carbons (Fsp3) is 0.0870. The molecule has 1 aliphatic heterocycles. The summed E-state index contributed by atoms with van der Waals surface area (Å²) in [7, 11) is 0. The van der Waals surface area contributed by atoms with Crippen LogP contribution in [0.1, 0.15) is 15.9 Å². The number of nitrogens with two attached hydrogens (primary N) is 1. The van der Waals surface area contributed by atoms with Gasteiger partial charge in [-0.2, -0.15) is 5.10 Å². The summed E-state index contributed by atoms with van der Waals surface area (Å²) < 4.78 is 0. The molecule has 0 radical (unpaired) electrons. The third kappa shape index (κ3) is 2.77. The van der Waals surface area contributed by atoms with Gasteiger partial charge >= 0.3 is 0 Å². The molecule has 29 heavy (non-hydrogen) atoms. The minimum absolute atomic E-state index is 0.102. The molecule has 3 N–H and O–H groups in total. The van der Waals surface area contributed by atoms with Crippen molar-refractivity contribution in [2.24, 2.45) is 5.73 Å². The minimum atomic E-state index is -0.587. The first-order valence-corrected chi connectivity index (χ1v) is 9.27. The molecule has 0 unspecified atom stereocenters. The summed E-state index contributed by atoms with van der Waals surface area (Å²) in [5, 5.41) is 10.2. The Hall–Kier alpha value is -3.93. The van der Waals surface area contributed by atoms with Crippen LogP contribution >= 0.6 is 0 Å². The molecule has 2 heterocycles. The van der Waals surface area contributed by atoms with Crippen LogP contribution in [-0.4, -0.2) is 33.5 Å². The maximum atomic E-state index is 12.8. The second kappa shape index (κ2) is 6.31. The van der Waals surface area contributed by atoms with Gasteiger partial charge in [-0.3, -0.25) is 14.7 Å². The van der Waals surface area contributed by atoms with E-state index in [1.54, 1.807) is 11.1 Å². The smallest absolute Gasteiger partial charge is 0.254 e. The van der Waals surface area contributed by atoms with E-state index in [1.807, 2.05) is 18.2 Å². The number of aromatic amines is 1. The van der Waals surface area contributed by atoms with Crippen LogP contribution in [0.25, 0.3) is 32.8 Å². The van der Waals surface area contributed by atoms with Gasteiger partial charge in [0.15, 0.2) is 0 Å². The molecular weight excluding hydrogens is 364 g/mol. The van der Waals surface area contributed by atoms with Crippen LogP contribution in [0.4, 0.5) is 0 Å². The monoisotopic (exact) mass is 382 g/mol. The predicted octanol–water partition coefficient (Wildman–Crippen LogP) is 3.38. The number of benzene rings is 3. The van der Waals surface area contributed by atoms with E-state index in [9.17, 15) is 9.59 Å². The maximum Gasteiger partial charge on any atom is 0.254 e. The number of nitrogens with zero attached hydrogens (tertiary/aromatic N) is 2. The Morgan fingerprint density at radius 3 is 2.69 bits per heavy atom. The van der Waals surface area contributed by atoms with Crippen molar-refractivity contribution in [3.05, 3.63) is 78.0 Å². The van der Waals surface area contributed by atoms with E-state index in [0.29, 0.717) is 12.1 Å². The van der Waals surface area contributed by atoms with E-state index in [4.69, 9.17) is 5.73 Å². The first-order valence-electron chi connectivity index (χ1n) is 9.27. The van der Waals surface area contributed by atoms with E-state index in [2.05, 4.69) is 47.1 Å². The number of amides is 2. The lowest BCUT2D eigenvalue weighted by Gasteiger charge is -2.15. The largest absolute Gasteiger partial charge is 0.366 e. The zero-order valence-electron chi connectivity index (χ0n) is 15.6. The zero-order valence-corrected chi connectivity index (χ0v) is 15.6. The Morgan fingerprint density at radius 2 is 1.86 bits per heavy atom. The SMILES string of the molecule is C=C(CN1Cc2c(ccc3ccc(-c4ccc5[nH]ncc5c4)cc23)C1=O)C(N)=O. The summed E-state index contributed by atoms with van der Waals surface area (Å²) in [5.41, 5.74) is 10.3. The lowest BCUT2D eigenvalue weighted by molar-refractivity contribution is -0.114. The van der Waals surface area contributed by atoms with Crippen LogP contribution < -0.4 is 5.73 Å². The highest BCUT2D eigenvalue weighted by molar-refractivity contribution is 6.05. The molecule has 142 valence electrons. The first kappa shape index (κ1) is 17.2. The number of hydrogen-bond acceptors (Lipinski definition) is 3. The van der Waals surface area contributed by atoms with Gasteiger partial charge in [0, 0.05) is 23.1 Å². The van der Waals surface area contributed by atoms with Gasteiger partial charge in [0.25, 0.3) is 5.91 Å². The number of fused-ring (bicyclic) bond motifs is 4. The third-order valence-corrected chi connectivity index (χ3v) is 5.50. The number of hydrogen-bond donors (Lipinski definition) is 2. The molecule has 0 fully saturated rings. The quantitative estimate of drug-likeness (QED) is 0.530. The molecule has 0 saturated carbocycles. The molecule has 0 bridgehead atoms. The average molecular weight is 382 g/mol. The third-order valence-electron chi connectivity index (χ3n) is 5.50. The summed E-state index contributed by atoms with van der Waals surface area (Å²) in [5.74, 6) is -0.690. The molecule has 6 nitrogen and oxygen atoms in total. The van der Waals surface area contributed by atoms with Crippen molar-refractivity contribution in [3.8, 4) is 11.1 Å². The lowest BCUT2D eigenvalue weighted by Crippen LogP contribution is -2.30. The van der Waals surface area contributed by atoms with Crippen molar-refractivity contribution in [3.63, 3.8) is 0 Å². The highest BCUT2D eigenvalue weighted by Gasteiger charge is 2.29. The van der Waals surface area contributed by atoms with Gasteiger partial charge in [0.05, 0.1) is 18.3 Å². The van der Waals surface area contributed by atoms with Crippen molar-refractivity contribution in [1.29, 1.82) is 0 Å². The Bertz CT molecular complexity index is 1340. The number of carbonyl (C=O) groups is 2. The number of nitrogens with one attached hydrogen (secondary N) is 1. The number of carbonyl (C=O) groups excluding carboxylic acids is 2. The topological polar surface area (TPSA) is 92.1 Å². The fourth-order valence-corrected chi connectivity index (χ4v) is 3.92. The molecule has 4 aromatic rings. The van der Waals surface area contributed by atoms with Crippen molar-refractivity contribution in [2.45, 2.75) is 6.54 Å². The summed E-state index contributed by atoms with van der Waals surface area (Å²) in [6, 6.07) is 16.2. The standard InChI is InChI=1S/C23H18N4O2/c1-13(22(24)28)11-27-12-20-18(23(27)29)6-4-14-2-3-16(9-19(14)20)15-5-7-21-17(8-15)10-25-26-21/h2-10H,1,11-12H2,(H2,24,28)(H,25,26). The van der Waals surface area contributed by atoms with E-state index in [1.165, 1.54) is 0 Å². The van der Waals surface area contributed by atoms with Gasteiger partial charge in [-0.05, 0) is 51.7 Å². The van der Waals surface area contributed by atoms with E-state index in [-0.39, 0.29) is 18.0 Å². The van der Waals surface area contributed by atoms with Crippen LogP contribution in [0.2, 0.25) is 0 Å². The summed E-state index contributed by atoms with van der Waals surface area (Å²) in [4.78, 5) is 25.7. The molecule has 0 saturated heterocycles. The second-order valence-electron chi connectivity index (χ2n) is 7.33. The van der Waals surface area contributed by atoms with Crippen LogP contribution in [-0.2, 0) is 11.3 Å². The number of H-pyrrole nitrogens is 1.